The van der Waals surface area contributed by atoms with Gasteiger partial charge in [0.15, 0.2) is 5.17 Å². The monoisotopic (exact) mass is 463 g/mol. The first kappa shape index (κ1) is 22.0. The lowest BCUT2D eigenvalue weighted by Gasteiger charge is -2.14. The molecule has 3 aromatic carbocycles. The molecule has 166 valence electrons. The van der Waals surface area contributed by atoms with Gasteiger partial charge in [0.1, 0.15) is 11.0 Å². The van der Waals surface area contributed by atoms with Crippen LogP contribution >= 0.6 is 11.8 Å². The lowest BCUT2D eigenvalue weighted by atomic mass is 10.0. The third-order valence-corrected chi connectivity index (χ3v) is 5.93. The molecule has 1 aliphatic heterocycles. The van der Waals surface area contributed by atoms with Crippen LogP contribution in [-0.2, 0) is 9.59 Å². The zero-order valence-corrected chi connectivity index (χ0v) is 17.8. The quantitative estimate of drug-likeness (QED) is 0.194. The minimum absolute atomic E-state index is 0.0306. The van der Waals surface area contributed by atoms with Crippen molar-refractivity contribution in [2.24, 2.45) is 15.9 Å². The lowest BCUT2D eigenvalue weighted by molar-refractivity contribution is -0.384. The second-order valence-corrected chi connectivity index (χ2v) is 8.28. The Morgan fingerprint density at radius 1 is 1.18 bits per heavy atom. The Morgan fingerprint density at radius 3 is 2.76 bits per heavy atom. The topological polar surface area (TPSA) is 151 Å². The van der Waals surface area contributed by atoms with Gasteiger partial charge in [0, 0.05) is 24.1 Å². The summed E-state index contributed by atoms with van der Waals surface area (Å²) in [6.45, 7) is 0. The van der Waals surface area contributed by atoms with Crippen LogP contribution in [0.3, 0.4) is 0 Å². The lowest BCUT2D eigenvalue weighted by Crippen LogP contribution is -2.31. The molecule has 1 saturated heterocycles. The van der Waals surface area contributed by atoms with Crippen LogP contribution in [0.25, 0.3) is 10.8 Å². The molecule has 0 saturated carbocycles. The first-order chi connectivity index (χ1) is 15.8. The fourth-order valence-electron chi connectivity index (χ4n) is 3.45. The van der Waals surface area contributed by atoms with Crippen LogP contribution < -0.4 is 10.6 Å². The molecule has 3 aromatic rings. The summed E-state index contributed by atoms with van der Waals surface area (Å²) in [5.41, 5.74) is 6.26. The van der Waals surface area contributed by atoms with Crippen LogP contribution in [0.5, 0.6) is 5.75 Å². The van der Waals surface area contributed by atoms with Crippen molar-refractivity contribution in [3.05, 3.63) is 76.3 Å². The molecule has 33 heavy (non-hydrogen) atoms. The number of nitro benzene ring substituents is 1. The predicted molar refractivity (Wildman–Crippen MR) is 126 cm³/mol. The van der Waals surface area contributed by atoms with E-state index in [2.05, 4.69) is 10.2 Å². The standard InChI is InChI=1S/C22H17N5O5S/c23-22(25-24-12-17-16-7-2-1-4-13(16)8-9-18(17)28)33-19-11-20(29)26(21(19)30)14-5-3-6-15(10-14)27(31)32/h1-10,12,19,28H,11H2,(H2,23,25)/b24-12+/t19-/m1/s1. The highest BCUT2D eigenvalue weighted by molar-refractivity contribution is 8.14. The van der Waals surface area contributed by atoms with Gasteiger partial charge in [-0.1, -0.05) is 48.2 Å². The van der Waals surface area contributed by atoms with E-state index in [4.69, 9.17) is 5.73 Å². The van der Waals surface area contributed by atoms with E-state index in [1.54, 1.807) is 12.1 Å². The maximum atomic E-state index is 12.8. The number of hydrogen-bond donors (Lipinski definition) is 2. The molecule has 4 rings (SSSR count). The number of non-ortho nitro benzene ring substituents is 1. The van der Waals surface area contributed by atoms with Crippen LogP contribution in [0.4, 0.5) is 11.4 Å². The third-order valence-electron chi connectivity index (χ3n) is 4.96. The maximum absolute atomic E-state index is 12.8. The fraction of sp³-hybridized carbons (Fsp3) is 0.0909. The number of nitrogens with two attached hydrogens (primary N) is 1. The maximum Gasteiger partial charge on any atom is 0.271 e. The van der Waals surface area contributed by atoms with E-state index in [-0.39, 0.29) is 28.7 Å². The van der Waals surface area contributed by atoms with E-state index in [9.17, 15) is 24.8 Å². The van der Waals surface area contributed by atoms with Crippen molar-refractivity contribution in [1.29, 1.82) is 0 Å². The number of hydrogen-bond acceptors (Lipinski definition) is 8. The van der Waals surface area contributed by atoms with Gasteiger partial charge in [0.2, 0.25) is 11.8 Å². The Balaban J connectivity index is 1.49. The third kappa shape index (κ3) is 4.53. The molecular weight excluding hydrogens is 446 g/mol. The van der Waals surface area contributed by atoms with Crippen LogP contribution in [-0.4, -0.2) is 38.5 Å². The highest BCUT2D eigenvalue weighted by Gasteiger charge is 2.41. The van der Waals surface area contributed by atoms with E-state index in [1.165, 1.54) is 30.5 Å². The van der Waals surface area contributed by atoms with Crippen molar-refractivity contribution in [2.75, 3.05) is 4.90 Å². The Labute approximate surface area is 191 Å². The number of amidine groups is 1. The molecule has 1 aliphatic rings. The molecule has 10 nitrogen and oxygen atoms in total. The van der Waals surface area contributed by atoms with Crippen molar-refractivity contribution >= 4 is 57.1 Å². The number of imide groups is 1. The number of carbonyl (C=O) groups is 2. The normalized spacial score (nSPS) is 16.8. The summed E-state index contributed by atoms with van der Waals surface area (Å²) in [6, 6.07) is 16.1. The highest BCUT2D eigenvalue weighted by Crippen LogP contribution is 2.31. The number of nitrogens with zero attached hydrogens (tertiary/aromatic N) is 4. The molecule has 0 aromatic heterocycles. The summed E-state index contributed by atoms with van der Waals surface area (Å²) >= 11 is 0.877. The summed E-state index contributed by atoms with van der Waals surface area (Å²) in [7, 11) is 0. The van der Waals surface area contributed by atoms with Gasteiger partial charge in [-0.3, -0.25) is 19.7 Å². The molecule has 1 atom stereocenters. The fourth-order valence-corrected chi connectivity index (χ4v) is 4.26. The molecule has 3 N–H and O–H groups in total. The summed E-state index contributed by atoms with van der Waals surface area (Å²) in [6.07, 6.45) is 1.23. The van der Waals surface area contributed by atoms with E-state index >= 15 is 0 Å². The van der Waals surface area contributed by atoms with Gasteiger partial charge in [-0.15, -0.1) is 5.10 Å². The number of carbonyl (C=O) groups excluding carboxylic acids is 2. The second kappa shape index (κ2) is 9.09. The molecule has 0 aliphatic carbocycles. The zero-order valence-electron chi connectivity index (χ0n) is 17.0. The predicted octanol–water partition coefficient (Wildman–Crippen LogP) is 3.17. The number of thioether (sulfide) groups is 1. The van der Waals surface area contributed by atoms with E-state index in [1.807, 2.05) is 24.3 Å². The van der Waals surface area contributed by atoms with Crippen molar-refractivity contribution in [3.63, 3.8) is 0 Å². The van der Waals surface area contributed by atoms with Gasteiger partial charge < -0.3 is 10.8 Å². The smallest absolute Gasteiger partial charge is 0.271 e. The number of aromatic hydroxyl groups is 1. The van der Waals surface area contributed by atoms with Crippen molar-refractivity contribution in [1.82, 2.24) is 0 Å². The summed E-state index contributed by atoms with van der Waals surface area (Å²) in [4.78, 5) is 36.5. The average Bonchev–Trinajstić information content (AvgIpc) is 3.07. The van der Waals surface area contributed by atoms with E-state index < -0.39 is 22.0 Å². The molecule has 0 unspecified atom stereocenters. The van der Waals surface area contributed by atoms with Crippen molar-refractivity contribution in [2.45, 2.75) is 11.7 Å². The number of nitro groups is 1. The number of fused-ring (bicyclic) bond motifs is 1. The minimum atomic E-state index is -0.832. The van der Waals surface area contributed by atoms with Gasteiger partial charge >= 0.3 is 0 Å². The van der Waals surface area contributed by atoms with E-state index in [0.717, 1.165) is 27.4 Å². The van der Waals surface area contributed by atoms with Crippen LogP contribution in [0, 0.1) is 10.1 Å². The largest absolute Gasteiger partial charge is 0.507 e. The van der Waals surface area contributed by atoms with Gasteiger partial charge in [-0.05, 0) is 22.9 Å². The van der Waals surface area contributed by atoms with Gasteiger partial charge in [-0.2, -0.15) is 5.10 Å². The number of amides is 2. The Bertz CT molecular complexity index is 1340. The molecule has 1 fully saturated rings. The molecule has 0 radical (unpaired) electrons. The number of anilines is 1. The van der Waals surface area contributed by atoms with Crippen molar-refractivity contribution in [3.8, 4) is 5.75 Å². The zero-order chi connectivity index (χ0) is 23.5. The molecule has 2 amide bonds. The highest BCUT2D eigenvalue weighted by atomic mass is 32.2. The Hall–Kier alpha value is -4.25. The number of phenolic OH excluding ortho intramolecular Hbond substituents is 1. The number of rotatable bonds is 5. The number of phenols is 1. The molecule has 11 heteroatoms. The first-order valence-corrected chi connectivity index (χ1v) is 10.6. The second-order valence-electron chi connectivity index (χ2n) is 7.06. The van der Waals surface area contributed by atoms with Crippen LogP contribution in [0.15, 0.2) is 70.9 Å². The molecule has 0 bridgehead atoms. The minimum Gasteiger partial charge on any atom is -0.507 e. The van der Waals surface area contributed by atoms with Gasteiger partial charge in [0.05, 0.1) is 16.8 Å². The molecular formula is C22H17N5O5S. The van der Waals surface area contributed by atoms with Gasteiger partial charge in [-0.25, -0.2) is 4.90 Å². The SMILES string of the molecule is NC(=N/N=C/c1c(O)ccc2ccccc12)S[C@@H]1CC(=O)N(c2cccc([N+](=O)[O-])c2)C1=O. The average molecular weight is 463 g/mol. The summed E-state index contributed by atoms with van der Waals surface area (Å²) in [5, 5.41) is 29.8. The van der Waals surface area contributed by atoms with E-state index in [0.29, 0.717) is 5.56 Å². The first-order valence-electron chi connectivity index (χ1n) is 9.70. The van der Waals surface area contributed by atoms with Gasteiger partial charge in [0.25, 0.3) is 5.69 Å². The molecule has 1 heterocycles. The number of benzene rings is 3. The van der Waals surface area contributed by atoms with Crippen LogP contribution in [0.2, 0.25) is 0 Å². The summed E-state index contributed by atoms with van der Waals surface area (Å²) in [5.74, 6) is -1.00. The Morgan fingerprint density at radius 2 is 1.97 bits per heavy atom. The van der Waals surface area contributed by atoms with Crippen molar-refractivity contribution < 1.29 is 19.6 Å². The Kier molecular flexibility index (Phi) is 6.05. The summed E-state index contributed by atoms with van der Waals surface area (Å²) < 4.78 is 0. The molecule has 0 spiro atoms. The van der Waals surface area contributed by atoms with Crippen LogP contribution in [0.1, 0.15) is 12.0 Å².